The van der Waals surface area contributed by atoms with Gasteiger partial charge in [0, 0.05) is 11.8 Å². The van der Waals surface area contributed by atoms with Crippen LogP contribution >= 0.6 is 7.82 Å². The standard InChI is InChI=1S/C29H34NO15P/c1-11-38-9-20-27(42-11)24(31)23(30)29(43-20)44-25-14-7-17-16(40-10-41-17)6-13(14)21(22-15(25)8-39-28(22)32)12-4-18(36-2)26(19(5-12)37-3)45-46(33,34)35/h4-7,11,15,20-25,27,29,31H,8-10,30H2,1-3H3,(H2,33,34,35)/t11?,15-,20?,21-,22-,23?,24?,25+,27?,29?/m0/s1. The summed E-state index contributed by atoms with van der Waals surface area (Å²) in [4.78, 5) is 32.5. The Balaban J connectivity index is 1.32. The fraction of sp³-hybridized carbons (Fsp3) is 0.552. The number of phosphoric acid groups is 1. The summed E-state index contributed by atoms with van der Waals surface area (Å²) in [6.45, 7) is 1.88. The number of cyclic esters (lactones) is 1. The molecule has 0 saturated carbocycles. The molecule has 0 aromatic heterocycles. The number of hydrogen-bond donors (Lipinski definition) is 4. The van der Waals surface area contributed by atoms with E-state index in [1.807, 2.05) is 0 Å². The summed E-state index contributed by atoms with van der Waals surface area (Å²) < 4.78 is 68.6. The van der Waals surface area contributed by atoms with Crippen molar-refractivity contribution in [3.8, 4) is 28.7 Å². The predicted octanol–water partition coefficient (Wildman–Crippen LogP) is 1.07. The number of hydrogen-bond acceptors (Lipinski definition) is 14. The summed E-state index contributed by atoms with van der Waals surface area (Å²) in [7, 11) is -2.37. The van der Waals surface area contributed by atoms with Crippen LogP contribution in [-0.4, -0.2) is 92.0 Å². The van der Waals surface area contributed by atoms with Gasteiger partial charge in [0.05, 0.1) is 45.5 Å². The van der Waals surface area contributed by atoms with Crippen molar-refractivity contribution < 1.29 is 71.4 Å². The second-order valence-corrected chi connectivity index (χ2v) is 12.8. The fourth-order valence-electron chi connectivity index (χ4n) is 6.98. The van der Waals surface area contributed by atoms with Crippen LogP contribution in [0, 0.1) is 11.8 Å². The van der Waals surface area contributed by atoms with E-state index in [4.69, 9.17) is 52.9 Å². The molecule has 0 bridgehead atoms. The lowest BCUT2D eigenvalue weighted by Gasteiger charge is -2.48. The van der Waals surface area contributed by atoms with Crippen LogP contribution in [0.4, 0.5) is 0 Å². The molecule has 3 fully saturated rings. The van der Waals surface area contributed by atoms with E-state index >= 15 is 0 Å². The summed E-state index contributed by atoms with van der Waals surface area (Å²) >= 11 is 0. The Morgan fingerprint density at radius 3 is 2.28 bits per heavy atom. The first-order chi connectivity index (χ1) is 22.0. The van der Waals surface area contributed by atoms with Gasteiger partial charge in [0.1, 0.15) is 18.3 Å². The summed E-state index contributed by atoms with van der Waals surface area (Å²) in [5.74, 6) is -1.99. The molecule has 7 rings (SSSR count). The van der Waals surface area contributed by atoms with Crippen LogP contribution in [0.3, 0.4) is 0 Å². The Kier molecular flexibility index (Phi) is 8.07. The molecule has 0 radical (unpaired) electrons. The van der Waals surface area contributed by atoms with Gasteiger partial charge in [-0.2, -0.15) is 0 Å². The minimum atomic E-state index is -4.99. The Labute approximate surface area is 262 Å². The molecule has 46 heavy (non-hydrogen) atoms. The van der Waals surface area contributed by atoms with Gasteiger partial charge in [-0.1, -0.05) is 0 Å². The van der Waals surface area contributed by atoms with Gasteiger partial charge in [-0.15, -0.1) is 0 Å². The second kappa shape index (κ2) is 11.8. The van der Waals surface area contributed by atoms with Crippen molar-refractivity contribution in [2.24, 2.45) is 17.6 Å². The highest BCUT2D eigenvalue weighted by Crippen LogP contribution is 2.57. The first-order valence-corrected chi connectivity index (χ1v) is 16.1. The normalized spacial score (nSPS) is 34.6. The fourth-order valence-corrected chi connectivity index (χ4v) is 7.39. The third-order valence-electron chi connectivity index (χ3n) is 9.02. The molecule has 16 nitrogen and oxygen atoms in total. The Morgan fingerprint density at radius 1 is 0.957 bits per heavy atom. The number of carbonyl (C=O) groups excluding carboxylic acids is 1. The van der Waals surface area contributed by atoms with Gasteiger partial charge in [-0.25, -0.2) is 4.57 Å². The molecular weight excluding hydrogens is 633 g/mol. The van der Waals surface area contributed by atoms with E-state index in [0.29, 0.717) is 28.2 Å². The van der Waals surface area contributed by atoms with Crippen molar-refractivity contribution in [1.82, 2.24) is 0 Å². The molecule has 2 aromatic rings. The number of aliphatic hydroxyl groups is 1. The van der Waals surface area contributed by atoms with Crippen LogP contribution in [-0.2, 0) is 33.0 Å². The summed E-state index contributed by atoms with van der Waals surface area (Å²) in [6.07, 6.45) is -4.90. The van der Waals surface area contributed by atoms with Crippen LogP contribution in [0.1, 0.15) is 35.6 Å². The number of fused-ring (bicyclic) bond motifs is 4. The van der Waals surface area contributed by atoms with Gasteiger partial charge < -0.3 is 58.0 Å². The molecule has 5 N–H and O–H groups in total. The number of nitrogens with two attached hydrogens (primary N) is 1. The van der Waals surface area contributed by atoms with Gasteiger partial charge in [0.15, 0.2) is 35.6 Å². The van der Waals surface area contributed by atoms with Crippen molar-refractivity contribution in [2.75, 3.05) is 34.2 Å². The number of benzene rings is 2. The highest BCUT2D eigenvalue weighted by Gasteiger charge is 2.56. The highest BCUT2D eigenvalue weighted by molar-refractivity contribution is 7.46. The van der Waals surface area contributed by atoms with E-state index in [0.717, 1.165) is 0 Å². The smallest absolute Gasteiger partial charge is 0.493 e. The molecule has 10 atom stereocenters. The molecule has 0 spiro atoms. The number of ether oxygens (including phenoxy) is 9. The molecule has 5 aliphatic rings. The van der Waals surface area contributed by atoms with Crippen molar-refractivity contribution >= 4 is 13.8 Å². The third kappa shape index (κ3) is 5.37. The average molecular weight is 668 g/mol. The lowest BCUT2D eigenvalue weighted by molar-refractivity contribution is -0.343. The molecular formula is C29H34NO15P. The zero-order valence-corrected chi connectivity index (χ0v) is 25.9. The largest absolute Gasteiger partial charge is 0.525 e. The van der Waals surface area contributed by atoms with E-state index in [2.05, 4.69) is 0 Å². The van der Waals surface area contributed by atoms with E-state index in [9.17, 15) is 24.3 Å². The minimum absolute atomic E-state index is 0.00647. The molecule has 17 heteroatoms. The lowest BCUT2D eigenvalue weighted by Crippen LogP contribution is -2.65. The van der Waals surface area contributed by atoms with Gasteiger partial charge in [0.2, 0.25) is 12.5 Å². The first-order valence-electron chi connectivity index (χ1n) is 14.6. The third-order valence-corrected chi connectivity index (χ3v) is 9.44. The van der Waals surface area contributed by atoms with E-state index < -0.39 is 74.6 Å². The van der Waals surface area contributed by atoms with E-state index in [1.54, 1.807) is 19.1 Å². The molecule has 250 valence electrons. The Bertz CT molecular complexity index is 1540. The van der Waals surface area contributed by atoms with Crippen molar-refractivity contribution in [2.45, 2.75) is 55.9 Å². The number of aliphatic hydroxyl groups excluding tert-OH is 1. The number of phosphoric ester groups is 1. The predicted molar refractivity (Wildman–Crippen MR) is 151 cm³/mol. The monoisotopic (exact) mass is 667 g/mol. The van der Waals surface area contributed by atoms with Crippen molar-refractivity contribution in [1.29, 1.82) is 0 Å². The second-order valence-electron chi connectivity index (χ2n) is 11.6. The van der Waals surface area contributed by atoms with E-state index in [-0.39, 0.29) is 37.3 Å². The SMILES string of the molecule is COc1cc([C@H]2c3cc4c(cc3[C@@H](OC3OC5COC(C)OC5C(O)C3N)[C@H]3COC(=O)[C@H]23)OCO4)cc(OC)c1OP(=O)(O)O. The van der Waals surface area contributed by atoms with Crippen LogP contribution < -0.4 is 29.2 Å². The van der Waals surface area contributed by atoms with Gasteiger partial charge >= 0.3 is 13.8 Å². The van der Waals surface area contributed by atoms with Crippen molar-refractivity contribution in [3.63, 3.8) is 0 Å². The van der Waals surface area contributed by atoms with Crippen LogP contribution in [0.2, 0.25) is 0 Å². The highest BCUT2D eigenvalue weighted by atomic mass is 31.2. The topological polar surface area (TPSA) is 213 Å². The van der Waals surface area contributed by atoms with Crippen LogP contribution in [0.5, 0.6) is 28.7 Å². The number of carbonyl (C=O) groups is 1. The van der Waals surface area contributed by atoms with Crippen molar-refractivity contribution in [3.05, 3.63) is 41.0 Å². The molecule has 2 aromatic carbocycles. The molecule has 6 unspecified atom stereocenters. The zero-order valence-electron chi connectivity index (χ0n) is 25.0. The molecule has 0 amide bonds. The summed E-state index contributed by atoms with van der Waals surface area (Å²) in [5, 5.41) is 11.1. The number of rotatable bonds is 7. The summed E-state index contributed by atoms with van der Waals surface area (Å²) in [6, 6.07) is 5.59. The lowest BCUT2D eigenvalue weighted by atomic mass is 9.66. The maximum atomic E-state index is 13.5. The molecule has 4 aliphatic heterocycles. The Hall–Kier alpha value is -3.18. The minimum Gasteiger partial charge on any atom is -0.493 e. The molecule has 1 aliphatic carbocycles. The molecule has 4 heterocycles. The van der Waals surface area contributed by atoms with E-state index in [1.165, 1.54) is 26.4 Å². The van der Waals surface area contributed by atoms with Gasteiger partial charge in [-0.3, -0.25) is 14.6 Å². The number of methoxy groups -OCH3 is 2. The van der Waals surface area contributed by atoms with Crippen LogP contribution in [0.15, 0.2) is 24.3 Å². The average Bonchev–Trinajstić information content (AvgIpc) is 3.64. The first kappa shape index (κ1) is 31.4. The zero-order chi connectivity index (χ0) is 32.5. The quantitative estimate of drug-likeness (QED) is 0.240. The van der Waals surface area contributed by atoms with Gasteiger partial charge in [-0.05, 0) is 47.9 Å². The van der Waals surface area contributed by atoms with Gasteiger partial charge in [0.25, 0.3) is 0 Å². The summed E-state index contributed by atoms with van der Waals surface area (Å²) in [5.41, 5.74) is 8.22. The molecule has 3 saturated heterocycles. The Morgan fingerprint density at radius 2 is 1.63 bits per heavy atom. The maximum absolute atomic E-state index is 13.5. The maximum Gasteiger partial charge on any atom is 0.525 e. The van der Waals surface area contributed by atoms with Crippen LogP contribution in [0.25, 0.3) is 0 Å². The number of esters is 1.